The molecule has 1 aromatic carbocycles. The summed E-state index contributed by atoms with van der Waals surface area (Å²) in [6.45, 7) is 1.03. The lowest BCUT2D eigenvalue weighted by Gasteiger charge is -2.18. The van der Waals surface area contributed by atoms with Crippen LogP contribution in [0, 0.1) is 0 Å². The van der Waals surface area contributed by atoms with Gasteiger partial charge in [-0.1, -0.05) is 18.2 Å². The van der Waals surface area contributed by atoms with Gasteiger partial charge in [-0.05, 0) is 12.1 Å². The molecule has 0 saturated carbocycles. The summed E-state index contributed by atoms with van der Waals surface area (Å²) < 4.78 is 11.0. The van der Waals surface area contributed by atoms with Gasteiger partial charge in [-0.25, -0.2) is 15.0 Å². The molecule has 4 rings (SSSR count). The van der Waals surface area contributed by atoms with E-state index in [1.807, 2.05) is 36.4 Å². The van der Waals surface area contributed by atoms with E-state index in [9.17, 15) is 0 Å². The van der Waals surface area contributed by atoms with Crippen molar-refractivity contribution in [2.45, 2.75) is 0 Å². The minimum Gasteiger partial charge on any atom is -0.484 e. The number of hydrogen-bond acceptors (Lipinski definition) is 6. The van der Waals surface area contributed by atoms with Crippen LogP contribution >= 0.6 is 0 Å². The highest BCUT2D eigenvalue weighted by Gasteiger charge is 2.17. The van der Waals surface area contributed by atoms with Crippen molar-refractivity contribution >= 4 is 22.5 Å². The fourth-order valence-electron chi connectivity index (χ4n) is 2.20. The molecule has 0 bridgehead atoms. The number of nitrogens with zero attached hydrogens (tertiary/aromatic N) is 3. The maximum Gasteiger partial charge on any atom is 0.257 e. The standard InChI is InChI=1S/C15H12N4O2/c1-2-4-10(5-3-1)18-14-13-11(16-9-17-14)8-12-15(19-13)21-7-6-20-12/h1-5,8-9H,6-7H2,(H,16,17,18). The molecule has 0 amide bonds. The number of pyridine rings is 1. The highest BCUT2D eigenvalue weighted by atomic mass is 16.6. The Bertz CT molecular complexity index is 792. The van der Waals surface area contributed by atoms with E-state index in [2.05, 4.69) is 20.3 Å². The number of ether oxygens (including phenoxy) is 2. The van der Waals surface area contributed by atoms with E-state index in [0.29, 0.717) is 41.7 Å². The Balaban J connectivity index is 1.82. The molecule has 3 heterocycles. The number of fused-ring (bicyclic) bond motifs is 2. The second-order valence-corrected chi connectivity index (χ2v) is 4.57. The highest BCUT2D eigenvalue weighted by Crippen LogP contribution is 2.32. The summed E-state index contributed by atoms with van der Waals surface area (Å²) in [4.78, 5) is 13.0. The molecule has 6 heteroatoms. The Morgan fingerprint density at radius 3 is 2.76 bits per heavy atom. The predicted octanol–water partition coefficient (Wildman–Crippen LogP) is 2.54. The zero-order valence-electron chi connectivity index (χ0n) is 11.1. The monoisotopic (exact) mass is 280 g/mol. The van der Waals surface area contributed by atoms with Crippen LogP contribution in [0.4, 0.5) is 11.5 Å². The zero-order chi connectivity index (χ0) is 14.1. The number of nitrogens with one attached hydrogen (secondary N) is 1. The summed E-state index contributed by atoms with van der Waals surface area (Å²) in [5.74, 6) is 1.75. The van der Waals surface area contributed by atoms with Crippen LogP contribution < -0.4 is 14.8 Å². The first-order valence-corrected chi connectivity index (χ1v) is 6.63. The summed E-state index contributed by atoms with van der Waals surface area (Å²) in [6.07, 6.45) is 1.51. The van der Waals surface area contributed by atoms with Gasteiger partial charge in [0.15, 0.2) is 11.6 Å². The van der Waals surface area contributed by atoms with Crippen LogP contribution in [0.1, 0.15) is 0 Å². The first-order valence-electron chi connectivity index (χ1n) is 6.63. The number of hydrogen-bond donors (Lipinski definition) is 1. The third kappa shape index (κ3) is 2.20. The quantitative estimate of drug-likeness (QED) is 0.778. The van der Waals surface area contributed by atoms with Gasteiger partial charge in [-0.3, -0.25) is 0 Å². The molecule has 1 aliphatic heterocycles. The summed E-state index contributed by atoms with van der Waals surface area (Å²) in [5.41, 5.74) is 2.31. The smallest absolute Gasteiger partial charge is 0.257 e. The van der Waals surface area contributed by atoms with E-state index < -0.39 is 0 Å². The average molecular weight is 280 g/mol. The van der Waals surface area contributed by atoms with Crippen molar-refractivity contribution < 1.29 is 9.47 Å². The molecule has 0 spiro atoms. The lowest BCUT2D eigenvalue weighted by atomic mass is 10.3. The molecule has 0 radical (unpaired) electrons. The molecule has 0 saturated heterocycles. The maximum atomic E-state index is 5.52. The van der Waals surface area contributed by atoms with Gasteiger partial charge in [0.25, 0.3) is 5.88 Å². The molecule has 6 nitrogen and oxygen atoms in total. The van der Waals surface area contributed by atoms with Crippen LogP contribution in [0.2, 0.25) is 0 Å². The Hall–Kier alpha value is -2.89. The molecule has 1 N–H and O–H groups in total. The zero-order valence-corrected chi connectivity index (χ0v) is 11.1. The molecule has 1 aliphatic rings. The van der Waals surface area contributed by atoms with Gasteiger partial charge < -0.3 is 14.8 Å². The van der Waals surface area contributed by atoms with Gasteiger partial charge in [0, 0.05) is 11.8 Å². The molecule has 0 fully saturated rings. The fourth-order valence-corrected chi connectivity index (χ4v) is 2.20. The summed E-state index contributed by atoms with van der Waals surface area (Å²) in [7, 11) is 0. The van der Waals surface area contributed by atoms with Crippen molar-refractivity contribution in [1.29, 1.82) is 0 Å². The van der Waals surface area contributed by atoms with Crippen LogP contribution in [0.3, 0.4) is 0 Å². The molecular weight excluding hydrogens is 268 g/mol. The van der Waals surface area contributed by atoms with Crippen LogP contribution in [0.25, 0.3) is 11.0 Å². The normalized spacial score (nSPS) is 13.1. The topological polar surface area (TPSA) is 69.2 Å². The van der Waals surface area contributed by atoms with Crippen LogP contribution in [0.5, 0.6) is 11.6 Å². The maximum absolute atomic E-state index is 5.52. The van der Waals surface area contributed by atoms with Crippen molar-refractivity contribution in [3.8, 4) is 11.6 Å². The molecular formula is C15H12N4O2. The van der Waals surface area contributed by atoms with Crippen molar-refractivity contribution in [3.63, 3.8) is 0 Å². The second kappa shape index (κ2) is 4.90. The van der Waals surface area contributed by atoms with Crippen molar-refractivity contribution in [1.82, 2.24) is 15.0 Å². The van der Waals surface area contributed by atoms with Gasteiger partial charge in [-0.2, -0.15) is 0 Å². The van der Waals surface area contributed by atoms with Crippen LogP contribution in [-0.2, 0) is 0 Å². The molecule has 0 aliphatic carbocycles. The number of para-hydroxylation sites is 1. The van der Waals surface area contributed by atoms with E-state index in [1.54, 1.807) is 0 Å². The fraction of sp³-hybridized carbons (Fsp3) is 0.133. The average Bonchev–Trinajstić information content (AvgIpc) is 2.54. The third-order valence-electron chi connectivity index (χ3n) is 3.16. The molecule has 0 atom stereocenters. The van der Waals surface area contributed by atoms with E-state index in [0.717, 1.165) is 5.69 Å². The second-order valence-electron chi connectivity index (χ2n) is 4.57. The van der Waals surface area contributed by atoms with Gasteiger partial charge in [0.2, 0.25) is 0 Å². The van der Waals surface area contributed by atoms with Gasteiger partial charge in [-0.15, -0.1) is 0 Å². The first kappa shape index (κ1) is 11.9. The molecule has 3 aromatic rings. The van der Waals surface area contributed by atoms with Crippen LogP contribution in [-0.4, -0.2) is 28.2 Å². The summed E-state index contributed by atoms with van der Waals surface area (Å²) in [6, 6.07) is 11.6. The lowest BCUT2D eigenvalue weighted by Crippen LogP contribution is -2.16. The highest BCUT2D eigenvalue weighted by molar-refractivity contribution is 5.88. The third-order valence-corrected chi connectivity index (χ3v) is 3.16. The molecule has 0 unspecified atom stereocenters. The number of benzene rings is 1. The lowest BCUT2D eigenvalue weighted by molar-refractivity contribution is 0.165. The Labute approximate surface area is 120 Å². The van der Waals surface area contributed by atoms with Gasteiger partial charge >= 0.3 is 0 Å². The van der Waals surface area contributed by atoms with E-state index in [-0.39, 0.29) is 0 Å². The van der Waals surface area contributed by atoms with Gasteiger partial charge in [0.1, 0.15) is 25.1 Å². The van der Waals surface area contributed by atoms with Crippen LogP contribution in [0.15, 0.2) is 42.7 Å². The van der Waals surface area contributed by atoms with Crippen molar-refractivity contribution in [3.05, 3.63) is 42.7 Å². The minimum atomic E-state index is 0.486. The van der Waals surface area contributed by atoms with Gasteiger partial charge in [0.05, 0.1) is 5.52 Å². The predicted molar refractivity (Wildman–Crippen MR) is 78.0 cm³/mol. The molecule has 2 aromatic heterocycles. The molecule has 21 heavy (non-hydrogen) atoms. The summed E-state index contributed by atoms with van der Waals surface area (Å²) in [5, 5.41) is 3.24. The number of rotatable bonds is 2. The Kier molecular flexibility index (Phi) is 2.77. The van der Waals surface area contributed by atoms with E-state index >= 15 is 0 Å². The largest absolute Gasteiger partial charge is 0.484 e. The summed E-state index contributed by atoms with van der Waals surface area (Å²) >= 11 is 0. The SMILES string of the molecule is c1ccc(Nc2ncnc3cc4c(nc23)OCCO4)cc1. The van der Waals surface area contributed by atoms with Crippen molar-refractivity contribution in [2.24, 2.45) is 0 Å². The number of anilines is 2. The minimum absolute atomic E-state index is 0.486. The van der Waals surface area contributed by atoms with E-state index in [1.165, 1.54) is 6.33 Å². The molecule has 104 valence electrons. The van der Waals surface area contributed by atoms with Crippen molar-refractivity contribution in [2.75, 3.05) is 18.5 Å². The van der Waals surface area contributed by atoms with E-state index in [4.69, 9.17) is 9.47 Å². The Morgan fingerprint density at radius 1 is 1.00 bits per heavy atom. The number of aromatic nitrogens is 3. The first-order chi connectivity index (χ1) is 10.4. The Morgan fingerprint density at radius 2 is 1.86 bits per heavy atom.